The highest BCUT2D eigenvalue weighted by Gasteiger charge is 2.29. The summed E-state index contributed by atoms with van der Waals surface area (Å²) >= 11 is 0. The Labute approximate surface area is 501 Å². The normalized spacial score (nSPS) is 13.6. The molecule has 10 heterocycles. The van der Waals surface area contributed by atoms with Crippen LogP contribution in [-0.4, -0.2) is 39.9 Å². The molecule has 6 aromatic heterocycles. The van der Waals surface area contributed by atoms with Gasteiger partial charge in [-0.2, -0.15) is 0 Å². The summed E-state index contributed by atoms with van der Waals surface area (Å²) in [6.07, 6.45) is 6.84. The van der Waals surface area contributed by atoms with Gasteiger partial charge < -0.3 is 24.7 Å². The molecule has 85 heavy (non-hydrogen) atoms. The number of aromatic amines is 4. The van der Waals surface area contributed by atoms with Gasteiger partial charge in [-0.05, 0) is 244 Å². The fourth-order valence-electron chi connectivity index (χ4n) is 14.5. The van der Waals surface area contributed by atoms with Gasteiger partial charge in [-0.25, -0.2) is 19.9 Å². The second kappa shape index (κ2) is 22.5. The summed E-state index contributed by atoms with van der Waals surface area (Å²) in [5.74, 6) is 1.45. The van der Waals surface area contributed by atoms with Crippen LogP contribution in [0, 0.1) is 27.7 Å². The highest BCUT2D eigenvalue weighted by atomic mass is 16.5. The first kappa shape index (κ1) is 56.9. The van der Waals surface area contributed by atoms with Crippen molar-refractivity contribution < 1.29 is 4.74 Å². The molecule has 8 aromatic rings. The number of nitrogens with one attached hydrogen (secondary N) is 4. The van der Waals surface area contributed by atoms with Gasteiger partial charge in [0, 0.05) is 55.4 Å². The lowest BCUT2D eigenvalue weighted by atomic mass is 9.94. The number of fused-ring (bicyclic) bond motifs is 16. The molecular formula is C76H82N8O. The Morgan fingerprint density at radius 3 is 0.976 bits per heavy atom. The van der Waals surface area contributed by atoms with Gasteiger partial charge in [-0.3, -0.25) is 0 Å². The van der Waals surface area contributed by atoms with Crippen molar-refractivity contribution in [1.82, 2.24) is 39.9 Å². The minimum absolute atomic E-state index is 0.723. The van der Waals surface area contributed by atoms with E-state index in [9.17, 15) is 0 Å². The van der Waals surface area contributed by atoms with Crippen LogP contribution in [0.4, 0.5) is 0 Å². The van der Waals surface area contributed by atoms with Crippen LogP contribution in [0.3, 0.4) is 0 Å². The first-order valence-electron chi connectivity index (χ1n) is 31.3. The largest absolute Gasteiger partial charge is 0.456 e. The third-order valence-corrected chi connectivity index (χ3v) is 19.2. The van der Waals surface area contributed by atoms with Crippen LogP contribution in [0.1, 0.15) is 199 Å². The fraction of sp³-hybridized carbons (Fsp3) is 0.316. The summed E-state index contributed by atoms with van der Waals surface area (Å²) in [6, 6.07) is 30.8. The summed E-state index contributed by atoms with van der Waals surface area (Å²) in [5.41, 5.74) is 39.9. The van der Waals surface area contributed by atoms with Gasteiger partial charge in [-0.1, -0.05) is 91.8 Å². The molecular weight excluding hydrogens is 1040 g/mol. The molecule has 0 atom stereocenters. The highest BCUT2D eigenvalue weighted by Crippen LogP contribution is 2.49. The summed E-state index contributed by atoms with van der Waals surface area (Å²) in [5, 5.41) is 0. The zero-order chi connectivity index (χ0) is 59.9. The first-order valence-corrected chi connectivity index (χ1v) is 31.3. The van der Waals surface area contributed by atoms with Crippen LogP contribution in [0.15, 0.2) is 84.9 Å². The Morgan fingerprint density at radius 1 is 0.318 bits per heavy atom. The van der Waals surface area contributed by atoms with Crippen molar-refractivity contribution in [2.45, 2.75) is 162 Å². The number of H-pyrrole nitrogens is 4. The van der Waals surface area contributed by atoms with E-state index >= 15 is 0 Å². The number of allylic oxidation sites excluding steroid dienone is 8. The van der Waals surface area contributed by atoms with Gasteiger partial charge in [0.15, 0.2) is 0 Å². The van der Waals surface area contributed by atoms with Crippen molar-refractivity contribution in [3.8, 4) is 33.8 Å². The topological polar surface area (TPSA) is 124 Å². The van der Waals surface area contributed by atoms with Crippen molar-refractivity contribution in [3.05, 3.63) is 175 Å². The molecule has 0 aliphatic carbocycles. The molecule has 0 unspecified atom stereocenters. The third kappa shape index (κ3) is 9.28. The number of rotatable bonds is 12. The van der Waals surface area contributed by atoms with E-state index in [1.807, 2.05) is 0 Å². The van der Waals surface area contributed by atoms with E-state index < -0.39 is 0 Å². The third-order valence-electron chi connectivity index (χ3n) is 19.2. The van der Waals surface area contributed by atoms with Gasteiger partial charge in [0.25, 0.3) is 0 Å². The Bertz CT molecular complexity index is 4340. The lowest BCUT2D eigenvalue weighted by molar-refractivity contribution is 0.486. The Hall–Kier alpha value is -8.56. The van der Waals surface area contributed by atoms with Crippen LogP contribution in [0.5, 0.6) is 11.5 Å². The number of aromatic nitrogens is 8. The van der Waals surface area contributed by atoms with E-state index in [0.29, 0.717) is 0 Å². The van der Waals surface area contributed by atoms with Gasteiger partial charge >= 0.3 is 0 Å². The van der Waals surface area contributed by atoms with E-state index in [0.717, 1.165) is 186 Å². The Balaban J connectivity index is 1.17. The minimum atomic E-state index is 0.723. The molecule has 12 rings (SSSR count). The quantitative estimate of drug-likeness (QED) is 0.0970. The molecule has 0 saturated carbocycles. The number of hydrogen-bond acceptors (Lipinski definition) is 5. The standard InChI is InChI=1S/C76H82N8O/c1-17-47-39(9)57-33-58-40(10)48(18-2)62(78-58)36-66-52(22-6)44(14)74(82-66)71(73-43(13)51(21-5)65(81-73)35-61(47)77-57)55-29-25-27-31-69(55)85-70-32-28-26-30-56(70)72-75-45(15)53(23-7)67(83-75)37-63-49(19-3)41(11)59(79-63)34-60-42(12)50(20-4)64(80-60)38-68-54(24-8)46(16)76(72)84-68/h25-38,77,79,82,84H,17-24H2,1-16H3. The van der Waals surface area contributed by atoms with Crippen molar-refractivity contribution in [2.75, 3.05) is 0 Å². The van der Waals surface area contributed by atoms with E-state index in [4.69, 9.17) is 24.7 Å². The maximum absolute atomic E-state index is 7.66. The number of benzene rings is 2. The maximum Gasteiger partial charge on any atom is 0.135 e. The summed E-state index contributed by atoms with van der Waals surface area (Å²) in [6.45, 7) is 36.0. The molecule has 0 spiro atoms. The predicted molar refractivity (Wildman–Crippen MR) is 361 cm³/mol. The number of nitrogens with zero attached hydrogens (tertiary/aromatic N) is 4. The molecule has 2 aromatic carbocycles. The molecule has 0 saturated heterocycles. The molecule has 16 bridgehead atoms. The first-order chi connectivity index (χ1) is 41.1. The van der Waals surface area contributed by atoms with E-state index in [2.05, 4.69) is 216 Å². The summed E-state index contributed by atoms with van der Waals surface area (Å²) in [7, 11) is 0. The van der Waals surface area contributed by atoms with Crippen LogP contribution in [0.2, 0.25) is 0 Å². The molecule has 9 heteroatoms. The van der Waals surface area contributed by atoms with Crippen molar-refractivity contribution in [2.24, 2.45) is 0 Å². The highest BCUT2D eigenvalue weighted by molar-refractivity contribution is 6.05. The molecule has 9 nitrogen and oxygen atoms in total. The lowest BCUT2D eigenvalue weighted by Gasteiger charge is -2.17. The van der Waals surface area contributed by atoms with Gasteiger partial charge in [0.05, 0.1) is 56.6 Å². The van der Waals surface area contributed by atoms with E-state index in [-0.39, 0.29) is 0 Å². The SMILES string of the molecule is CCC1=C(C)c2cc3[nH]c(cc4nc(c(-c5ccccc5Oc5ccccc5-c5c6nc(cc7[nH]c(cc8nc(cc9[nH]c5c(C)c9CC)C(CC)=C8C)c(C)c7CC)C(CC)=C6C)c5[nH]c(cc1n2)c(CC)c5C)C(C)=C4CC)c(CC)c3C. The maximum atomic E-state index is 7.66. The molecule has 4 N–H and O–H groups in total. The second-order valence-electron chi connectivity index (χ2n) is 23.6. The minimum Gasteiger partial charge on any atom is -0.456 e. The van der Waals surface area contributed by atoms with Crippen molar-refractivity contribution >= 4 is 88.7 Å². The average Bonchev–Trinajstić information content (AvgIpc) is 1.93. The molecule has 0 amide bonds. The van der Waals surface area contributed by atoms with Crippen molar-refractivity contribution in [1.29, 1.82) is 0 Å². The van der Waals surface area contributed by atoms with Crippen molar-refractivity contribution in [3.63, 3.8) is 0 Å². The number of aryl methyl sites for hydroxylation is 8. The van der Waals surface area contributed by atoms with Crippen LogP contribution in [0.25, 0.3) is 111 Å². The Kier molecular flexibility index (Phi) is 15.0. The number of hydrogen-bond donors (Lipinski definition) is 4. The number of para-hydroxylation sites is 2. The van der Waals surface area contributed by atoms with E-state index in [1.165, 1.54) is 77.9 Å². The zero-order valence-corrected chi connectivity index (χ0v) is 52.9. The number of ether oxygens (including phenoxy) is 1. The summed E-state index contributed by atoms with van der Waals surface area (Å²) in [4.78, 5) is 38.2. The molecule has 4 aliphatic rings. The average molecular weight is 1120 g/mol. The molecule has 4 aliphatic heterocycles. The smallest absolute Gasteiger partial charge is 0.135 e. The summed E-state index contributed by atoms with van der Waals surface area (Å²) < 4.78 is 7.66. The van der Waals surface area contributed by atoms with Crippen LogP contribution < -0.4 is 4.74 Å². The van der Waals surface area contributed by atoms with Gasteiger partial charge in [0.2, 0.25) is 0 Å². The Morgan fingerprint density at radius 2 is 0.624 bits per heavy atom. The van der Waals surface area contributed by atoms with Crippen LogP contribution in [-0.2, 0) is 25.7 Å². The monoisotopic (exact) mass is 1120 g/mol. The predicted octanol–water partition coefficient (Wildman–Crippen LogP) is 20.9. The molecule has 0 radical (unpaired) electrons. The van der Waals surface area contributed by atoms with Gasteiger partial charge in [-0.15, -0.1) is 0 Å². The molecule has 432 valence electrons. The lowest BCUT2D eigenvalue weighted by Crippen LogP contribution is -1.96. The second-order valence-corrected chi connectivity index (χ2v) is 23.6. The fourth-order valence-corrected chi connectivity index (χ4v) is 14.5. The molecule has 0 fully saturated rings. The van der Waals surface area contributed by atoms with Gasteiger partial charge in [0.1, 0.15) is 11.5 Å². The van der Waals surface area contributed by atoms with E-state index in [1.54, 1.807) is 0 Å². The van der Waals surface area contributed by atoms with Crippen LogP contribution >= 0.6 is 0 Å². The zero-order valence-electron chi connectivity index (χ0n) is 52.9.